The molecule has 0 radical (unpaired) electrons. The van der Waals surface area contributed by atoms with Gasteiger partial charge in [0.05, 0.1) is 11.3 Å². The quantitative estimate of drug-likeness (QED) is 0.474. The first-order valence-corrected chi connectivity index (χ1v) is 12.0. The standard InChI is InChI=1S/C28H25N5O3/c1-18-9-8-16-31-25(18)30-24(19-10-4-3-5-11-19)26(31)29-22(34)17-32-27(36)20-12-6-7-13-21(20)33-23(35)14-15-28(32,33)2/h3-13,16H,14-15,17H2,1-2H3,(H,29,34). The fourth-order valence-electron chi connectivity index (χ4n) is 5.38. The molecule has 2 aromatic heterocycles. The van der Waals surface area contributed by atoms with Crippen molar-refractivity contribution >= 4 is 34.9 Å². The van der Waals surface area contributed by atoms with Crippen molar-refractivity contribution in [2.24, 2.45) is 0 Å². The summed E-state index contributed by atoms with van der Waals surface area (Å²) in [5, 5.41) is 3.02. The molecule has 4 heterocycles. The molecule has 6 rings (SSSR count). The molecule has 8 nitrogen and oxygen atoms in total. The second-order valence-corrected chi connectivity index (χ2v) is 9.46. The smallest absolute Gasteiger partial charge is 0.258 e. The van der Waals surface area contributed by atoms with Crippen LogP contribution in [-0.2, 0) is 9.59 Å². The Morgan fingerprint density at radius 3 is 2.58 bits per heavy atom. The van der Waals surface area contributed by atoms with Gasteiger partial charge in [0.1, 0.15) is 29.4 Å². The summed E-state index contributed by atoms with van der Waals surface area (Å²) in [7, 11) is 0. The van der Waals surface area contributed by atoms with Crippen LogP contribution < -0.4 is 10.2 Å². The van der Waals surface area contributed by atoms with Crippen molar-refractivity contribution in [1.82, 2.24) is 14.3 Å². The third-order valence-corrected chi connectivity index (χ3v) is 7.20. The van der Waals surface area contributed by atoms with Crippen LogP contribution in [0.5, 0.6) is 0 Å². The van der Waals surface area contributed by atoms with E-state index < -0.39 is 5.66 Å². The van der Waals surface area contributed by atoms with Crippen molar-refractivity contribution < 1.29 is 14.4 Å². The molecule has 180 valence electrons. The molecule has 0 spiro atoms. The number of carbonyl (C=O) groups excluding carboxylic acids is 3. The van der Waals surface area contributed by atoms with Gasteiger partial charge in [-0.3, -0.25) is 23.7 Å². The Balaban J connectivity index is 1.38. The molecular weight excluding hydrogens is 454 g/mol. The minimum atomic E-state index is -0.905. The van der Waals surface area contributed by atoms with E-state index in [4.69, 9.17) is 4.98 Å². The van der Waals surface area contributed by atoms with E-state index >= 15 is 0 Å². The number of anilines is 2. The molecule has 1 fully saturated rings. The maximum atomic E-state index is 13.5. The van der Waals surface area contributed by atoms with E-state index in [0.717, 1.165) is 16.8 Å². The predicted molar refractivity (Wildman–Crippen MR) is 137 cm³/mol. The number of nitrogens with one attached hydrogen (secondary N) is 1. The highest BCUT2D eigenvalue weighted by Crippen LogP contribution is 2.44. The van der Waals surface area contributed by atoms with Gasteiger partial charge in [-0.2, -0.15) is 0 Å². The van der Waals surface area contributed by atoms with Gasteiger partial charge in [0, 0.05) is 18.2 Å². The van der Waals surface area contributed by atoms with Gasteiger partial charge in [0.15, 0.2) is 0 Å². The number of hydrogen-bond acceptors (Lipinski definition) is 4. The number of fused-ring (bicyclic) bond motifs is 4. The summed E-state index contributed by atoms with van der Waals surface area (Å²) in [4.78, 5) is 47.9. The molecule has 1 N–H and O–H groups in total. The van der Waals surface area contributed by atoms with Crippen LogP contribution >= 0.6 is 0 Å². The number of nitrogens with zero attached hydrogens (tertiary/aromatic N) is 4. The van der Waals surface area contributed by atoms with Gasteiger partial charge in [-0.1, -0.05) is 48.5 Å². The van der Waals surface area contributed by atoms with Crippen molar-refractivity contribution in [2.45, 2.75) is 32.4 Å². The molecule has 3 amide bonds. The maximum Gasteiger partial charge on any atom is 0.258 e. The normalized spacial score (nSPS) is 18.9. The Hall–Kier alpha value is -4.46. The summed E-state index contributed by atoms with van der Waals surface area (Å²) in [6.45, 7) is 3.63. The van der Waals surface area contributed by atoms with Crippen molar-refractivity contribution in [3.63, 3.8) is 0 Å². The third kappa shape index (κ3) is 3.21. The SMILES string of the molecule is Cc1cccn2c(NC(=O)CN3C(=O)c4ccccc4N4C(=O)CCC34C)c(-c3ccccc3)nc12. The highest BCUT2D eigenvalue weighted by molar-refractivity contribution is 6.11. The average molecular weight is 480 g/mol. The van der Waals surface area contributed by atoms with E-state index in [0.29, 0.717) is 35.6 Å². The van der Waals surface area contributed by atoms with Gasteiger partial charge in [-0.15, -0.1) is 0 Å². The zero-order valence-electron chi connectivity index (χ0n) is 20.1. The molecule has 0 aliphatic carbocycles. The summed E-state index contributed by atoms with van der Waals surface area (Å²) in [6.07, 6.45) is 2.64. The fourth-order valence-corrected chi connectivity index (χ4v) is 5.38. The van der Waals surface area contributed by atoms with Crippen LogP contribution in [0, 0.1) is 6.92 Å². The number of hydrogen-bond donors (Lipinski definition) is 1. The largest absolute Gasteiger partial charge is 0.308 e. The van der Waals surface area contributed by atoms with Gasteiger partial charge in [0.2, 0.25) is 11.8 Å². The molecule has 1 atom stereocenters. The van der Waals surface area contributed by atoms with Crippen LogP contribution in [0.15, 0.2) is 72.9 Å². The number of carbonyl (C=O) groups is 3. The number of aryl methyl sites for hydroxylation is 1. The van der Waals surface area contributed by atoms with Crippen LogP contribution in [0.2, 0.25) is 0 Å². The highest BCUT2D eigenvalue weighted by Gasteiger charge is 2.53. The molecule has 2 aliphatic rings. The van der Waals surface area contributed by atoms with E-state index in [1.54, 1.807) is 23.1 Å². The van der Waals surface area contributed by atoms with Gasteiger partial charge in [0.25, 0.3) is 5.91 Å². The molecule has 1 saturated heterocycles. The molecule has 36 heavy (non-hydrogen) atoms. The van der Waals surface area contributed by atoms with Crippen LogP contribution in [0.3, 0.4) is 0 Å². The third-order valence-electron chi connectivity index (χ3n) is 7.20. The van der Waals surface area contributed by atoms with Crippen LogP contribution in [0.4, 0.5) is 11.5 Å². The zero-order chi connectivity index (χ0) is 25.0. The van der Waals surface area contributed by atoms with Crippen molar-refractivity contribution in [1.29, 1.82) is 0 Å². The van der Waals surface area contributed by atoms with Crippen molar-refractivity contribution in [3.8, 4) is 11.3 Å². The van der Waals surface area contributed by atoms with E-state index in [1.807, 2.05) is 73.0 Å². The molecule has 4 aromatic rings. The molecule has 2 aromatic carbocycles. The van der Waals surface area contributed by atoms with Crippen molar-refractivity contribution in [2.75, 3.05) is 16.8 Å². The molecule has 1 unspecified atom stereocenters. The lowest BCUT2D eigenvalue weighted by molar-refractivity contribution is -0.120. The summed E-state index contributed by atoms with van der Waals surface area (Å²) < 4.78 is 1.86. The average Bonchev–Trinajstić information content (AvgIpc) is 3.41. The lowest BCUT2D eigenvalue weighted by Crippen LogP contribution is -2.63. The minimum absolute atomic E-state index is 0.0496. The Labute approximate surface area is 208 Å². The second kappa shape index (κ2) is 8.05. The lowest BCUT2D eigenvalue weighted by atomic mass is 9.98. The minimum Gasteiger partial charge on any atom is -0.308 e. The van der Waals surface area contributed by atoms with Crippen LogP contribution in [0.25, 0.3) is 16.9 Å². The van der Waals surface area contributed by atoms with E-state index in [9.17, 15) is 14.4 Å². The van der Waals surface area contributed by atoms with E-state index in [2.05, 4.69) is 5.32 Å². The van der Waals surface area contributed by atoms with Crippen molar-refractivity contribution in [3.05, 3.63) is 84.1 Å². The molecular formula is C28H25N5O3. The summed E-state index contributed by atoms with van der Waals surface area (Å²) >= 11 is 0. The predicted octanol–water partition coefficient (Wildman–Crippen LogP) is 4.25. The van der Waals surface area contributed by atoms with Gasteiger partial charge >= 0.3 is 0 Å². The first-order chi connectivity index (χ1) is 17.4. The first kappa shape index (κ1) is 22.0. The molecule has 0 saturated carbocycles. The maximum absolute atomic E-state index is 13.5. The molecule has 2 aliphatic heterocycles. The first-order valence-electron chi connectivity index (χ1n) is 12.0. The number of amides is 3. The topological polar surface area (TPSA) is 87.0 Å². The zero-order valence-corrected chi connectivity index (χ0v) is 20.1. The number of rotatable bonds is 4. The van der Waals surface area contributed by atoms with Crippen LogP contribution in [0.1, 0.15) is 35.7 Å². The highest BCUT2D eigenvalue weighted by atomic mass is 16.2. The van der Waals surface area contributed by atoms with Gasteiger partial charge in [-0.05, 0) is 44.0 Å². The number of imidazole rings is 1. The van der Waals surface area contributed by atoms with E-state index in [1.165, 1.54) is 4.90 Å². The number of benzene rings is 2. The monoisotopic (exact) mass is 479 g/mol. The van der Waals surface area contributed by atoms with E-state index in [-0.39, 0.29) is 24.3 Å². The summed E-state index contributed by atoms with van der Waals surface area (Å²) in [5.74, 6) is -0.124. The van der Waals surface area contributed by atoms with Gasteiger partial charge < -0.3 is 10.2 Å². The fraction of sp³-hybridized carbons (Fsp3) is 0.214. The Morgan fingerprint density at radius 1 is 1.03 bits per heavy atom. The Bertz CT molecular complexity index is 1540. The second-order valence-electron chi connectivity index (χ2n) is 9.46. The lowest BCUT2D eigenvalue weighted by Gasteiger charge is -2.48. The molecule has 8 heteroatoms. The van der Waals surface area contributed by atoms with Crippen LogP contribution in [-0.4, -0.2) is 44.2 Å². The Kier molecular flexibility index (Phi) is 4.93. The Morgan fingerprint density at radius 2 is 1.78 bits per heavy atom. The number of aromatic nitrogens is 2. The summed E-state index contributed by atoms with van der Waals surface area (Å²) in [6, 6.07) is 20.6. The number of para-hydroxylation sites is 1. The molecule has 0 bridgehead atoms. The van der Waals surface area contributed by atoms with Gasteiger partial charge in [-0.25, -0.2) is 4.98 Å². The number of pyridine rings is 1. The summed E-state index contributed by atoms with van der Waals surface area (Å²) in [5.41, 5.74) is 3.37.